The lowest BCUT2D eigenvalue weighted by Crippen LogP contribution is -1.96. The Labute approximate surface area is 344 Å². The van der Waals surface area contributed by atoms with Crippen LogP contribution in [0.1, 0.15) is 0 Å². The smallest absolute Gasteiger partial charge is 0.160 e. The second-order valence-electron chi connectivity index (χ2n) is 15.1. The molecule has 0 aliphatic heterocycles. The molecule has 0 fully saturated rings. The minimum atomic E-state index is 0.705. The number of aromatic nitrogens is 3. The van der Waals surface area contributed by atoms with Crippen molar-refractivity contribution in [3.8, 4) is 56.3 Å². The molecule has 274 valence electrons. The molecule has 0 saturated heterocycles. The molecule has 3 nitrogen and oxygen atoms in total. The van der Waals surface area contributed by atoms with Gasteiger partial charge in [-0.2, -0.15) is 0 Å². The summed E-state index contributed by atoms with van der Waals surface area (Å²) in [6.45, 7) is 0. The Hall–Kier alpha value is -7.53. The van der Waals surface area contributed by atoms with E-state index in [4.69, 9.17) is 15.0 Å². The van der Waals surface area contributed by atoms with Crippen LogP contribution in [-0.4, -0.2) is 15.0 Å². The number of rotatable bonds is 5. The van der Waals surface area contributed by atoms with E-state index in [0.29, 0.717) is 5.82 Å². The van der Waals surface area contributed by atoms with Crippen molar-refractivity contribution < 1.29 is 0 Å². The normalized spacial score (nSPS) is 11.7. The van der Waals surface area contributed by atoms with Crippen LogP contribution in [0.4, 0.5) is 0 Å². The highest BCUT2D eigenvalue weighted by molar-refractivity contribution is 7.26. The molecule has 0 unspecified atom stereocenters. The molecule has 0 amide bonds. The molecule has 12 rings (SSSR count). The van der Waals surface area contributed by atoms with E-state index in [0.717, 1.165) is 56.0 Å². The first kappa shape index (κ1) is 33.6. The molecule has 9 aromatic carbocycles. The monoisotopic (exact) mass is 767 g/mol. The van der Waals surface area contributed by atoms with Crippen molar-refractivity contribution in [2.75, 3.05) is 0 Å². The number of fused-ring (bicyclic) bond motifs is 11. The van der Waals surface area contributed by atoms with Crippen LogP contribution in [0.25, 0.3) is 120 Å². The number of pyridine rings is 1. The van der Waals surface area contributed by atoms with E-state index >= 15 is 0 Å². The maximum Gasteiger partial charge on any atom is 0.160 e. The molecule has 0 saturated carbocycles. The lowest BCUT2D eigenvalue weighted by Gasteiger charge is -2.14. The zero-order chi connectivity index (χ0) is 38.9. The van der Waals surface area contributed by atoms with E-state index in [1.165, 1.54) is 57.9 Å². The lowest BCUT2D eigenvalue weighted by atomic mass is 9.91. The zero-order valence-corrected chi connectivity index (χ0v) is 32.6. The van der Waals surface area contributed by atoms with E-state index in [1.807, 2.05) is 35.6 Å². The van der Waals surface area contributed by atoms with E-state index in [9.17, 15) is 0 Å². The summed E-state index contributed by atoms with van der Waals surface area (Å²) >= 11 is 1.82. The summed E-state index contributed by atoms with van der Waals surface area (Å²) < 4.78 is 2.45. The average molecular weight is 768 g/mol. The summed E-state index contributed by atoms with van der Waals surface area (Å²) in [6, 6.07) is 71.3. The zero-order valence-electron chi connectivity index (χ0n) is 31.8. The third-order valence-electron chi connectivity index (χ3n) is 11.7. The highest BCUT2D eigenvalue weighted by atomic mass is 32.1. The van der Waals surface area contributed by atoms with Crippen molar-refractivity contribution in [2.24, 2.45) is 0 Å². The Morgan fingerprint density at radius 2 is 0.831 bits per heavy atom. The van der Waals surface area contributed by atoms with E-state index in [2.05, 4.69) is 176 Å². The topological polar surface area (TPSA) is 38.7 Å². The van der Waals surface area contributed by atoms with Gasteiger partial charge in [0.1, 0.15) is 0 Å². The van der Waals surface area contributed by atoms with Crippen molar-refractivity contribution in [3.05, 3.63) is 200 Å². The number of para-hydroxylation sites is 1. The third-order valence-corrected chi connectivity index (χ3v) is 12.9. The van der Waals surface area contributed by atoms with Crippen molar-refractivity contribution in [1.29, 1.82) is 0 Å². The van der Waals surface area contributed by atoms with Gasteiger partial charge in [-0.1, -0.05) is 182 Å². The Bertz CT molecular complexity index is 3500. The van der Waals surface area contributed by atoms with E-state index < -0.39 is 0 Å². The van der Waals surface area contributed by atoms with Gasteiger partial charge in [0.05, 0.1) is 27.3 Å². The number of benzene rings is 9. The molecule has 0 aliphatic carbocycles. The quantitative estimate of drug-likeness (QED) is 0.164. The minimum Gasteiger partial charge on any atom is -0.246 e. The van der Waals surface area contributed by atoms with Crippen molar-refractivity contribution >= 4 is 74.7 Å². The van der Waals surface area contributed by atoms with Crippen molar-refractivity contribution in [1.82, 2.24) is 15.0 Å². The lowest BCUT2D eigenvalue weighted by molar-refractivity contribution is 1.18. The van der Waals surface area contributed by atoms with Crippen LogP contribution in [0.15, 0.2) is 200 Å². The Morgan fingerprint density at radius 3 is 1.51 bits per heavy atom. The molecule has 3 aromatic heterocycles. The number of hydrogen-bond acceptors (Lipinski definition) is 4. The van der Waals surface area contributed by atoms with Gasteiger partial charge in [0.2, 0.25) is 0 Å². The Balaban J connectivity index is 1.05. The van der Waals surface area contributed by atoms with Gasteiger partial charge in [-0.15, -0.1) is 11.3 Å². The van der Waals surface area contributed by atoms with E-state index in [-0.39, 0.29) is 0 Å². The molecular weight excluding hydrogens is 735 g/mol. The fraction of sp³-hybridized carbons (Fsp3) is 0. The molecule has 59 heavy (non-hydrogen) atoms. The van der Waals surface area contributed by atoms with Gasteiger partial charge in [-0.3, -0.25) is 0 Å². The summed E-state index contributed by atoms with van der Waals surface area (Å²) in [6.07, 6.45) is 0. The number of thiophene rings is 1. The first-order valence-electron chi connectivity index (χ1n) is 19.9. The second-order valence-corrected chi connectivity index (χ2v) is 16.1. The SMILES string of the molecule is c1ccc(-c2cc(-c3ccc(-c4nc5c(-c6ccc7c8ccccc8c8ccccc8c7c6)cccc5c5c4sc4ccccc45)cc3)nc(-c3ccccc3)n2)cc1. The molecule has 0 aliphatic rings. The summed E-state index contributed by atoms with van der Waals surface area (Å²) in [5.41, 5.74) is 10.2. The summed E-state index contributed by atoms with van der Waals surface area (Å²) in [5.74, 6) is 0.705. The van der Waals surface area contributed by atoms with Gasteiger partial charge in [-0.25, -0.2) is 15.0 Å². The van der Waals surface area contributed by atoms with Crippen LogP contribution in [0.2, 0.25) is 0 Å². The Kier molecular flexibility index (Phi) is 7.72. The fourth-order valence-electron chi connectivity index (χ4n) is 8.88. The first-order chi connectivity index (χ1) is 29.2. The molecule has 0 spiro atoms. The molecule has 3 heterocycles. The van der Waals surface area contributed by atoms with Crippen LogP contribution in [0.5, 0.6) is 0 Å². The molecule has 0 radical (unpaired) electrons. The molecule has 12 aromatic rings. The first-order valence-corrected chi connectivity index (χ1v) is 20.8. The van der Waals surface area contributed by atoms with Gasteiger partial charge in [0, 0.05) is 48.7 Å². The van der Waals surface area contributed by atoms with Crippen molar-refractivity contribution in [2.45, 2.75) is 0 Å². The van der Waals surface area contributed by atoms with Crippen molar-refractivity contribution in [3.63, 3.8) is 0 Å². The largest absolute Gasteiger partial charge is 0.246 e. The molecule has 0 atom stereocenters. The summed E-state index contributed by atoms with van der Waals surface area (Å²) in [5, 5.41) is 11.3. The average Bonchev–Trinajstić information content (AvgIpc) is 3.72. The minimum absolute atomic E-state index is 0.705. The van der Waals surface area contributed by atoms with E-state index in [1.54, 1.807) is 0 Å². The summed E-state index contributed by atoms with van der Waals surface area (Å²) in [4.78, 5) is 15.7. The highest BCUT2D eigenvalue weighted by Crippen LogP contribution is 2.45. The maximum atomic E-state index is 5.63. The highest BCUT2D eigenvalue weighted by Gasteiger charge is 2.20. The van der Waals surface area contributed by atoms with Crippen LogP contribution in [0, 0.1) is 0 Å². The fourth-order valence-corrected chi connectivity index (χ4v) is 10.1. The molecular formula is C55H33N3S. The second kappa shape index (κ2) is 13.6. The molecule has 0 N–H and O–H groups in total. The predicted molar refractivity (Wildman–Crippen MR) is 250 cm³/mol. The summed E-state index contributed by atoms with van der Waals surface area (Å²) in [7, 11) is 0. The number of hydrogen-bond donors (Lipinski definition) is 0. The van der Waals surface area contributed by atoms with Crippen LogP contribution >= 0.6 is 11.3 Å². The van der Waals surface area contributed by atoms with Gasteiger partial charge in [0.15, 0.2) is 5.82 Å². The van der Waals surface area contributed by atoms with Gasteiger partial charge in [-0.05, 0) is 56.1 Å². The molecule has 0 bridgehead atoms. The predicted octanol–water partition coefficient (Wildman–Crippen LogP) is 15.2. The van der Waals surface area contributed by atoms with Gasteiger partial charge in [0.25, 0.3) is 0 Å². The third kappa shape index (κ3) is 5.53. The van der Waals surface area contributed by atoms with Gasteiger partial charge >= 0.3 is 0 Å². The van der Waals surface area contributed by atoms with Gasteiger partial charge < -0.3 is 0 Å². The standard InChI is InChI=1S/C55H33N3S/c1-3-14-34(15-4-1)48-33-49(57-55(56-48)37-16-5-2-6-17-37)35-26-28-36(29-27-35)52-54-51(45-22-11-12-25-50(45)59-54)46-24-13-23-39(53(46)58-52)38-30-31-44-42-20-8-7-18-40(42)41-19-9-10-21-43(41)47(44)32-38/h1-33H. The van der Waals surface area contributed by atoms with Crippen LogP contribution < -0.4 is 0 Å². The van der Waals surface area contributed by atoms with Crippen LogP contribution in [-0.2, 0) is 0 Å². The molecule has 4 heteroatoms. The number of nitrogens with zero attached hydrogens (tertiary/aromatic N) is 3. The van der Waals surface area contributed by atoms with Crippen LogP contribution in [0.3, 0.4) is 0 Å². The Morgan fingerprint density at radius 1 is 0.322 bits per heavy atom. The maximum absolute atomic E-state index is 5.63.